The van der Waals surface area contributed by atoms with E-state index in [1.165, 1.54) is 70.6 Å². The summed E-state index contributed by atoms with van der Waals surface area (Å²) in [6, 6.07) is 0. The van der Waals surface area contributed by atoms with Crippen LogP contribution in [0, 0.1) is 29.6 Å². The van der Waals surface area contributed by atoms with E-state index in [1.807, 2.05) is 0 Å². The van der Waals surface area contributed by atoms with Crippen molar-refractivity contribution in [3.05, 3.63) is 0 Å². The van der Waals surface area contributed by atoms with Crippen molar-refractivity contribution >= 4 is 11.9 Å². The Morgan fingerprint density at radius 2 is 0.871 bits per heavy atom. The zero-order valence-corrected chi connectivity index (χ0v) is 19.7. The molecule has 0 saturated carbocycles. The first-order valence-electron chi connectivity index (χ1n) is 12.5. The minimum Gasteiger partial charge on any atom is -0.481 e. The Morgan fingerprint density at radius 3 is 1.23 bits per heavy atom. The van der Waals surface area contributed by atoms with E-state index in [4.69, 9.17) is 10.2 Å². The van der Waals surface area contributed by atoms with Crippen LogP contribution in [0.5, 0.6) is 0 Å². The second-order valence-electron chi connectivity index (χ2n) is 8.34. The lowest BCUT2D eigenvalue weighted by molar-refractivity contribution is -0.154. The molecule has 0 rings (SSSR count). The Morgan fingerprint density at radius 1 is 0.548 bits per heavy atom. The number of rotatable bonds is 19. The molecule has 0 atom stereocenters. The van der Waals surface area contributed by atoms with Gasteiger partial charge in [0.15, 0.2) is 5.92 Å². The molecular weight excluding hydrogens is 388 g/mol. The number of carbonyl (C=O) groups is 2. The molecule has 0 spiro atoms. The molecule has 0 bridgehead atoms. The van der Waals surface area contributed by atoms with E-state index in [0.717, 1.165) is 38.5 Å². The van der Waals surface area contributed by atoms with Crippen LogP contribution in [0.1, 0.15) is 129 Å². The Kier molecular flexibility index (Phi) is 21.3. The van der Waals surface area contributed by atoms with E-state index >= 15 is 0 Å². The summed E-state index contributed by atoms with van der Waals surface area (Å²) in [6.45, 7) is 2.26. The van der Waals surface area contributed by atoms with Crippen LogP contribution in [0.3, 0.4) is 0 Å². The van der Waals surface area contributed by atoms with E-state index in [-0.39, 0.29) is 6.42 Å². The van der Waals surface area contributed by atoms with Gasteiger partial charge in [-0.2, -0.15) is 0 Å². The van der Waals surface area contributed by atoms with Gasteiger partial charge in [-0.3, -0.25) is 9.59 Å². The van der Waals surface area contributed by atoms with Gasteiger partial charge < -0.3 is 10.2 Å². The molecule has 2 N–H and O–H groups in total. The predicted molar refractivity (Wildman–Crippen MR) is 128 cm³/mol. The summed E-state index contributed by atoms with van der Waals surface area (Å²) in [7, 11) is 0. The molecule has 176 valence electrons. The number of carboxylic acid groups (broad SMARTS) is 2. The largest absolute Gasteiger partial charge is 0.481 e. The van der Waals surface area contributed by atoms with Crippen molar-refractivity contribution in [1.29, 1.82) is 0 Å². The van der Waals surface area contributed by atoms with Gasteiger partial charge in [0.05, 0.1) is 0 Å². The lowest BCUT2D eigenvalue weighted by atomic mass is 10.1. The van der Waals surface area contributed by atoms with Gasteiger partial charge in [-0.1, -0.05) is 84.0 Å². The highest BCUT2D eigenvalue weighted by molar-refractivity contribution is 5.93. The smallest absolute Gasteiger partial charge is 0.318 e. The topological polar surface area (TPSA) is 74.6 Å². The van der Waals surface area contributed by atoms with Gasteiger partial charge in [-0.05, 0) is 19.3 Å². The van der Waals surface area contributed by atoms with Crippen LogP contribution in [-0.2, 0) is 9.59 Å². The highest BCUT2D eigenvalue weighted by atomic mass is 16.4. The second kappa shape index (κ2) is 22.7. The van der Waals surface area contributed by atoms with Crippen LogP contribution in [0.25, 0.3) is 0 Å². The van der Waals surface area contributed by atoms with Gasteiger partial charge in [0.2, 0.25) is 0 Å². The summed E-state index contributed by atoms with van der Waals surface area (Å²) in [5.74, 6) is 8.10. The Hall–Kier alpha value is -1.94. The lowest BCUT2D eigenvalue weighted by Gasteiger charge is -2.01. The normalized spacial score (nSPS) is 10.3. The van der Waals surface area contributed by atoms with Crippen LogP contribution >= 0.6 is 0 Å². The van der Waals surface area contributed by atoms with E-state index in [9.17, 15) is 9.59 Å². The molecule has 0 aromatic heterocycles. The minimum absolute atomic E-state index is 0.123. The van der Waals surface area contributed by atoms with Crippen LogP contribution < -0.4 is 0 Å². The number of hydrogen-bond donors (Lipinski definition) is 2. The van der Waals surface area contributed by atoms with Crippen LogP contribution in [0.2, 0.25) is 0 Å². The standard InChI is InChI=1S/C27H44O4/c1-2-3-4-5-6-7-8-9-10-11-12-13-14-15-16-17-18-19-20-21-22-23-24-25(26(28)29)27(30)31/h25H,2-12,15-21,24H2,1H3,(H,28,29)(H,30,31). The fourth-order valence-electron chi connectivity index (χ4n) is 3.38. The molecule has 4 heteroatoms. The Labute approximate surface area is 190 Å². The Balaban J connectivity index is 3.37. The number of aliphatic carboxylic acids is 2. The average Bonchev–Trinajstić information content (AvgIpc) is 2.73. The summed E-state index contributed by atoms with van der Waals surface area (Å²) in [5, 5.41) is 17.5. The molecule has 0 aliphatic rings. The maximum absolute atomic E-state index is 10.7. The highest BCUT2D eigenvalue weighted by Gasteiger charge is 2.24. The zero-order chi connectivity index (χ0) is 23.0. The fraction of sp³-hybridized carbons (Fsp3) is 0.778. The summed E-state index contributed by atoms with van der Waals surface area (Å²) < 4.78 is 0. The summed E-state index contributed by atoms with van der Waals surface area (Å²) >= 11 is 0. The summed E-state index contributed by atoms with van der Waals surface area (Å²) in [5.41, 5.74) is 0. The molecule has 0 aliphatic carbocycles. The zero-order valence-electron chi connectivity index (χ0n) is 19.7. The minimum atomic E-state index is -1.42. The SMILES string of the molecule is CCCCCCCCCCCCC#CCCCCCCCC#CCC(C(=O)O)C(=O)O. The van der Waals surface area contributed by atoms with E-state index in [0.29, 0.717) is 6.42 Å². The molecule has 0 heterocycles. The second-order valence-corrected chi connectivity index (χ2v) is 8.34. The van der Waals surface area contributed by atoms with Gasteiger partial charge in [-0.25, -0.2) is 0 Å². The van der Waals surface area contributed by atoms with Gasteiger partial charge in [0.1, 0.15) is 0 Å². The molecule has 0 aliphatic heterocycles. The van der Waals surface area contributed by atoms with Gasteiger partial charge in [0, 0.05) is 25.7 Å². The van der Waals surface area contributed by atoms with E-state index in [2.05, 4.69) is 30.6 Å². The third kappa shape index (κ3) is 21.1. The first-order valence-corrected chi connectivity index (χ1v) is 12.5. The van der Waals surface area contributed by atoms with Crippen LogP contribution in [0.15, 0.2) is 0 Å². The van der Waals surface area contributed by atoms with Crippen molar-refractivity contribution in [1.82, 2.24) is 0 Å². The molecule has 0 aromatic carbocycles. The van der Waals surface area contributed by atoms with Gasteiger partial charge >= 0.3 is 11.9 Å². The molecule has 0 amide bonds. The van der Waals surface area contributed by atoms with Crippen molar-refractivity contribution in [2.45, 2.75) is 129 Å². The Bertz CT molecular complexity index is 560. The molecule has 0 radical (unpaired) electrons. The van der Waals surface area contributed by atoms with Crippen molar-refractivity contribution in [2.24, 2.45) is 5.92 Å². The number of carboxylic acids is 2. The van der Waals surface area contributed by atoms with Gasteiger partial charge in [-0.15, -0.1) is 23.7 Å². The van der Waals surface area contributed by atoms with Crippen molar-refractivity contribution in [3.63, 3.8) is 0 Å². The molecule has 4 nitrogen and oxygen atoms in total. The van der Waals surface area contributed by atoms with Crippen LogP contribution in [0.4, 0.5) is 0 Å². The number of hydrogen-bond acceptors (Lipinski definition) is 2. The first kappa shape index (κ1) is 29.1. The summed E-state index contributed by atoms with van der Waals surface area (Å²) in [6.07, 6.45) is 21.8. The molecule has 0 aromatic rings. The lowest BCUT2D eigenvalue weighted by Crippen LogP contribution is -2.22. The molecule has 31 heavy (non-hydrogen) atoms. The average molecular weight is 433 g/mol. The van der Waals surface area contributed by atoms with E-state index < -0.39 is 17.9 Å². The highest BCUT2D eigenvalue weighted by Crippen LogP contribution is 2.11. The van der Waals surface area contributed by atoms with E-state index in [1.54, 1.807) is 0 Å². The maximum atomic E-state index is 10.7. The summed E-state index contributed by atoms with van der Waals surface area (Å²) in [4.78, 5) is 21.5. The third-order valence-electron chi connectivity index (χ3n) is 5.41. The molecule has 0 saturated heterocycles. The molecule has 0 unspecified atom stereocenters. The van der Waals surface area contributed by atoms with Crippen molar-refractivity contribution in [2.75, 3.05) is 0 Å². The first-order chi connectivity index (χ1) is 15.1. The van der Waals surface area contributed by atoms with Crippen molar-refractivity contribution in [3.8, 4) is 23.7 Å². The molecular formula is C27H44O4. The third-order valence-corrected chi connectivity index (χ3v) is 5.41. The van der Waals surface area contributed by atoms with Crippen molar-refractivity contribution < 1.29 is 19.8 Å². The predicted octanol–water partition coefficient (Wildman–Crippen LogP) is 7.21. The van der Waals surface area contributed by atoms with Gasteiger partial charge in [0.25, 0.3) is 0 Å². The fourth-order valence-corrected chi connectivity index (χ4v) is 3.38. The quantitative estimate of drug-likeness (QED) is 0.128. The number of unbranched alkanes of at least 4 members (excludes halogenated alkanes) is 16. The monoisotopic (exact) mass is 432 g/mol. The maximum Gasteiger partial charge on any atom is 0.318 e. The molecule has 0 fully saturated rings. The van der Waals surface area contributed by atoms with Crippen LogP contribution in [-0.4, -0.2) is 22.2 Å².